The molecule has 1 aliphatic carbocycles. The number of ether oxygens (including phenoxy) is 2. The van der Waals surface area contributed by atoms with Crippen molar-refractivity contribution in [2.75, 3.05) is 18.4 Å². The van der Waals surface area contributed by atoms with Crippen LogP contribution >= 0.6 is 22.9 Å². The SMILES string of the molecule is CC(C)(C)[Si](C)(C)OC1CCN([C@@H](c2cnc(NC(=O)C3(c4ccc5c(c4)OC(F)(F)O5)CC3)s2)c2ccc(F)cc2Cl)C1. The van der Waals surface area contributed by atoms with Crippen LogP contribution in [0.25, 0.3) is 0 Å². The zero-order valence-corrected chi connectivity index (χ0v) is 27.8. The normalized spacial score (nSPS) is 21.3. The Morgan fingerprint density at radius 3 is 2.59 bits per heavy atom. The fraction of sp³-hybridized carbons (Fsp3) is 0.484. The van der Waals surface area contributed by atoms with E-state index in [-0.39, 0.29) is 34.6 Å². The number of rotatable bonds is 8. The van der Waals surface area contributed by atoms with Gasteiger partial charge in [0.2, 0.25) is 5.91 Å². The average Bonchev–Trinajstić information content (AvgIpc) is 3.22. The Hall–Kier alpha value is -2.64. The zero-order valence-electron chi connectivity index (χ0n) is 25.2. The van der Waals surface area contributed by atoms with E-state index >= 15 is 0 Å². The van der Waals surface area contributed by atoms with Crippen molar-refractivity contribution in [3.05, 3.63) is 69.4 Å². The minimum Gasteiger partial charge on any atom is -0.413 e. The first-order chi connectivity index (χ1) is 20.6. The molecule has 7 nitrogen and oxygen atoms in total. The van der Waals surface area contributed by atoms with Gasteiger partial charge in [-0.3, -0.25) is 9.69 Å². The third kappa shape index (κ3) is 5.99. The lowest BCUT2D eigenvalue weighted by molar-refractivity contribution is -0.286. The first-order valence-corrected chi connectivity index (χ1v) is 18.7. The predicted octanol–water partition coefficient (Wildman–Crippen LogP) is 8.11. The lowest BCUT2D eigenvalue weighted by Crippen LogP contribution is -2.44. The highest BCUT2D eigenvalue weighted by molar-refractivity contribution is 7.15. The van der Waals surface area contributed by atoms with Crippen LogP contribution in [0.15, 0.2) is 42.6 Å². The summed E-state index contributed by atoms with van der Waals surface area (Å²) in [5.41, 5.74) is 0.455. The number of thiazole rings is 1. The number of carbonyl (C=O) groups excluding carboxylic acids is 1. The summed E-state index contributed by atoms with van der Waals surface area (Å²) < 4.78 is 57.0. The molecule has 2 aromatic carbocycles. The fourth-order valence-corrected chi connectivity index (χ4v) is 8.25. The van der Waals surface area contributed by atoms with Crippen molar-refractivity contribution in [2.24, 2.45) is 0 Å². The van der Waals surface area contributed by atoms with Crippen LogP contribution in [0.2, 0.25) is 23.2 Å². The Morgan fingerprint density at radius 1 is 1.18 bits per heavy atom. The molecule has 2 fully saturated rings. The van der Waals surface area contributed by atoms with Crippen molar-refractivity contribution in [1.82, 2.24) is 9.88 Å². The van der Waals surface area contributed by atoms with Crippen molar-refractivity contribution in [3.8, 4) is 11.5 Å². The Kier molecular flexibility index (Phi) is 7.84. The van der Waals surface area contributed by atoms with E-state index in [0.717, 1.165) is 23.4 Å². The number of halogens is 4. The van der Waals surface area contributed by atoms with Crippen LogP contribution in [-0.4, -0.2) is 49.6 Å². The van der Waals surface area contributed by atoms with Crippen LogP contribution in [0.3, 0.4) is 0 Å². The smallest absolute Gasteiger partial charge is 0.413 e. The van der Waals surface area contributed by atoms with Gasteiger partial charge in [-0.15, -0.1) is 8.78 Å². The molecular formula is C31H35ClF3N3O4SSi. The van der Waals surface area contributed by atoms with Gasteiger partial charge >= 0.3 is 6.29 Å². The lowest BCUT2D eigenvalue weighted by Gasteiger charge is -2.38. The first kappa shape index (κ1) is 31.3. The van der Waals surface area contributed by atoms with Gasteiger partial charge in [-0.25, -0.2) is 9.37 Å². The number of hydrogen-bond acceptors (Lipinski definition) is 7. The van der Waals surface area contributed by atoms with Crippen molar-refractivity contribution in [2.45, 2.75) is 82.0 Å². The third-order valence-electron chi connectivity index (χ3n) is 9.22. The second-order valence-corrected chi connectivity index (χ2v) is 19.5. The van der Waals surface area contributed by atoms with E-state index in [2.05, 4.69) is 58.5 Å². The van der Waals surface area contributed by atoms with Crippen LogP contribution in [0.5, 0.6) is 11.5 Å². The number of aromatic nitrogens is 1. The molecule has 2 aliphatic heterocycles. The highest BCUT2D eigenvalue weighted by Crippen LogP contribution is 2.52. The van der Waals surface area contributed by atoms with Gasteiger partial charge in [-0.1, -0.05) is 55.8 Å². The summed E-state index contributed by atoms with van der Waals surface area (Å²) in [5, 5.41) is 3.74. The predicted molar refractivity (Wildman–Crippen MR) is 166 cm³/mol. The Bertz CT molecular complexity index is 1590. The monoisotopic (exact) mass is 665 g/mol. The molecule has 0 radical (unpaired) electrons. The molecule has 13 heteroatoms. The number of likely N-dealkylation sites (tertiary alicyclic amines) is 1. The van der Waals surface area contributed by atoms with Gasteiger partial charge in [0.1, 0.15) is 5.82 Å². The molecule has 2 atom stereocenters. The maximum Gasteiger partial charge on any atom is 0.586 e. The molecule has 1 unspecified atom stereocenters. The van der Waals surface area contributed by atoms with Crippen LogP contribution in [0, 0.1) is 5.82 Å². The molecule has 1 saturated heterocycles. The van der Waals surface area contributed by atoms with E-state index in [0.29, 0.717) is 35.1 Å². The number of amides is 1. The van der Waals surface area contributed by atoms with Gasteiger partial charge in [0.05, 0.1) is 17.6 Å². The number of benzene rings is 2. The Labute approximate surface area is 264 Å². The summed E-state index contributed by atoms with van der Waals surface area (Å²) in [7, 11) is -1.99. The van der Waals surface area contributed by atoms with E-state index in [1.165, 1.54) is 35.6 Å². The molecule has 1 amide bonds. The molecule has 3 aromatic rings. The number of nitrogens with zero attached hydrogens (tertiary/aromatic N) is 2. The fourth-order valence-electron chi connectivity index (χ4n) is 5.64. The van der Waals surface area contributed by atoms with Crippen molar-refractivity contribution in [3.63, 3.8) is 0 Å². The van der Waals surface area contributed by atoms with Crippen molar-refractivity contribution >= 4 is 42.3 Å². The molecule has 1 saturated carbocycles. The van der Waals surface area contributed by atoms with Gasteiger partial charge < -0.3 is 19.2 Å². The standard InChI is InChI=1S/C31H35ClF3N3O4SSi/c1-29(2,3)44(4,5)42-20-10-13-38(17-20)26(21-8-7-19(33)15-22(21)32)25-16-36-28(43-25)37-27(39)30(11-12-30)18-6-9-23-24(14-18)41-31(34,35)40-23/h6-9,14-16,20,26H,10-13,17H2,1-5H3,(H,36,37,39)/t20?,26-/m1/s1. The molecule has 6 rings (SSSR count). The molecule has 3 heterocycles. The maximum absolute atomic E-state index is 14.0. The van der Waals surface area contributed by atoms with Gasteiger partial charge in [0.15, 0.2) is 24.9 Å². The second-order valence-electron chi connectivity index (χ2n) is 13.3. The van der Waals surface area contributed by atoms with Gasteiger partial charge in [0.25, 0.3) is 0 Å². The lowest BCUT2D eigenvalue weighted by atomic mass is 9.94. The summed E-state index contributed by atoms with van der Waals surface area (Å²) in [5.74, 6) is -0.853. The summed E-state index contributed by atoms with van der Waals surface area (Å²) in [4.78, 5) is 21.2. The molecule has 3 aliphatic rings. The van der Waals surface area contributed by atoms with E-state index in [9.17, 15) is 18.0 Å². The molecule has 236 valence electrons. The van der Waals surface area contributed by atoms with Crippen molar-refractivity contribution in [1.29, 1.82) is 0 Å². The van der Waals surface area contributed by atoms with Gasteiger partial charge in [0, 0.05) is 29.2 Å². The number of anilines is 1. The highest BCUT2D eigenvalue weighted by Gasteiger charge is 2.53. The molecule has 1 aromatic heterocycles. The molecule has 44 heavy (non-hydrogen) atoms. The Morgan fingerprint density at radius 2 is 1.91 bits per heavy atom. The van der Waals surface area contributed by atoms with E-state index in [1.807, 2.05) is 0 Å². The van der Waals surface area contributed by atoms with Crippen LogP contribution < -0.4 is 14.8 Å². The van der Waals surface area contributed by atoms with Crippen molar-refractivity contribution < 1.29 is 31.9 Å². The van der Waals surface area contributed by atoms with Crippen LogP contribution in [0.4, 0.5) is 18.3 Å². The quantitative estimate of drug-likeness (QED) is 0.245. The number of carbonyl (C=O) groups is 1. The highest BCUT2D eigenvalue weighted by atomic mass is 35.5. The maximum atomic E-state index is 14.0. The van der Waals surface area contributed by atoms with E-state index in [4.69, 9.17) is 16.0 Å². The van der Waals surface area contributed by atoms with Crippen LogP contribution in [-0.2, 0) is 14.6 Å². The summed E-state index contributed by atoms with van der Waals surface area (Å²) in [6.07, 6.45) is 0.0200. The Balaban J connectivity index is 1.22. The van der Waals surface area contributed by atoms with Crippen LogP contribution in [0.1, 0.15) is 62.1 Å². The minimum absolute atomic E-state index is 0.0566. The summed E-state index contributed by atoms with van der Waals surface area (Å²) >= 11 is 7.93. The summed E-state index contributed by atoms with van der Waals surface area (Å²) in [6, 6.07) is 8.55. The molecular weight excluding hydrogens is 631 g/mol. The molecule has 0 spiro atoms. The van der Waals surface area contributed by atoms with Gasteiger partial charge in [-0.2, -0.15) is 0 Å². The van der Waals surface area contributed by atoms with E-state index < -0.39 is 25.8 Å². The van der Waals surface area contributed by atoms with Gasteiger partial charge in [-0.05, 0) is 72.8 Å². The minimum atomic E-state index is -3.73. The average molecular weight is 666 g/mol. The second kappa shape index (κ2) is 11.0. The van der Waals surface area contributed by atoms with E-state index in [1.54, 1.807) is 18.3 Å². The zero-order chi connectivity index (χ0) is 31.7. The number of hydrogen-bond donors (Lipinski definition) is 1. The number of nitrogens with one attached hydrogen (secondary N) is 1. The topological polar surface area (TPSA) is 72.9 Å². The number of alkyl halides is 2. The first-order valence-electron chi connectivity index (χ1n) is 14.6. The third-order valence-corrected chi connectivity index (χ3v) is 15.0. The molecule has 0 bridgehead atoms. The molecule has 1 N–H and O–H groups in total. The summed E-state index contributed by atoms with van der Waals surface area (Å²) in [6.45, 7) is 12.6. The largest absolute Gasteiger partial charge is 0.586 e. The number of fused-ring (bicyclic) bond motifs is 1.